The Hall–Kier alpha value is -1.89. The number of aromatic amines is 1. The van der Waals surface area contributed by atoms with Crippen molar-refractivity contribution in [1.82, 2.24) is 24.8 Å². The average Bonchev–Trinajstić information content (AvgIpc) is 2.77. The number of H-pyrrole nitrogens is 1. The molecule has 90 valence electrons. The van der Waals surface area contributed by atoms with Crippen LogP contribution in [0.1, 0.15) is 0 Å². The van der Waals surface area contributed by atoms with Crippen molar-refractivity contribution in [2.45, 2.75) is 0 Å². The Morgan fingerprint density at radius 3 is 2.76 bits per heavy atom. The quantitative estimate of drug-likeness (QED) is 0.712. The van der Waals surface area contributed by atoms with E-state index in [4.69, 9.17) is 0 Å². The molecule has 3 rings (SSSR count). The van der Waals surface area contributed by atoms with Crippen LogP contribution in [0.2, 0.25) is 0 Å². The van der Waals surface area contributed by atoms with Gasteiger partial charge in [0.25, 0.3) is 0 Å². The lowest BCUT2D eigenvalue weighted by Gasteiger charge is -2.33. The van der Waals surface area contributed by atoms with E-state index in [-0.39, 0.29) is 6.01 Å². The molecule has 2 aromatic rings. The summed E-state index contributed by atoms with van der Waals surface area (Å²) in [4.78, 5) is 19.5. The van der Waals surface area contributed by atoms with Crippen LogP contribution in [0.25, 0.3) is 11.2 Å². The molecule has 7 heteroatoms. The van der Waals surface area contributed by atoms with E-state index in [2.05, 4.69) is 36.8 Å². The molecule has 7 nitrogen and oxygen atoms in total. The van der Waals surface area contributed by atoms with Crippen molar-refractivity contribution in [1.29, 1.82) is 0 Å². The highest BCUT2D eigenvalue weighted by Gasteiger charge is 2.20. The molecular formula is C10H14N6O. The number of imidazole rings is 1. The van der Waals surface area contributed by atoms with E-state index < -0.39 is 0 Å². The number of nitrogens with one attached hydrogen (secondary N) is 1. The highest BCUT2D eigenvalue weighted by Crippen LogP contribution is 2.23. The van der Waals surface area contributed by atoms with Crippen molar-refractivity contribution >= 4 is 17.0 Å². The third-order valence-corrected chi connectivity index (χ3v) is 3.05. The molecule has 0 spiro atoms. The molecule has 3 heterocycles. The van der Waals surface area contributed by atoms with Gasteiger partial charge in [0.2, 0.25) is 0 Å². The molecule has 0 unspecified atom stereocenters. The molecule has 0 saturated carbocycles. The van der Waals surface area contributed by atoms with E-state index in [9.17, 15) is 5.11 Å². The summed E-state index contributed by atoms with van der Waals surface area (Å²) in [5.41, 5.74) is 1.29. The first-order chi connectivity index (χ1) is 8.24. The van der Waals surface area contributed by atoms with E-state index in [1.807, 2.05) is 0 Å². The Morgan fingerprint density at radius 1 is 1.24 bits per heavy atom. The summed E-state index contributed by atoms with van der Waals surface area (Å²) in [5.74, 6) is 0.710. The standard InChI is InChI=1S/C10H14N6O/c1-15-2-4-16(5-3-15)9-7-8(12-6-11-7)13-10(17)14-9/h6H,2-5H2,1H3,(H2,11,12,13,14,17). The minimum absolute atomic E-state index is 0.212. The molecule has 1 fully saturated rings. The highest BCUT2D eigenvalue weighted by atomic mass is 16.3. The van der Waals surface area contributed by atoms with Gasteiger partial charge in [-0.2, -0.15) is 9.97 Å². The summed E-state index contributed by atoms with van der Waals surface area (Å²) in [5, 5.41) is 9.51. The van der Waals surface area contributed by atoms with E-state index >= 15 is 0 Å². The zero-order valence-electron chi connectivity index (χ0n) is 9.59. The van der Waals surface area contributed by atoms with Crippen molar-refractivity contribution in [3.63, 3.8) is 0 Å². The number of aromatic nitrogens is 4. The normalized spacial score (nSPS) is 17.8. The second-order valence-corrected chi connectivity index (χ2v) is 4.24. The van der Waals surface area contributed by atoms with Crippen LogP contribution in [0.15, 0.2) is 6.33 Å². The van der Waals surface area contributed by atoms with Crippen LogP contribution in [0.3, 0.4) is 0 Å². The van der Waals surface area contributed by atoms with E-state index in [0.29, 0.717) is 17.0 Å². The van der Waals surface area contributed by atoms with Crippen molar-refractivity contribution in [3.05, 3.63) is 6.33 Å². The molecule has 0 radical (unpaired) electrons. The largest absolute Gasteiger partial charge is 0.479 e. The SMILES string of the molecule is CN1CCN(c2nc(O)nc3[nH]cnc23)CC1. The van der Waals surface area contributed by atoms with Gasteiger partial charge in [0.1, 0.15) is 0 Å². The molecule has 1 aliphatic heterocycles. The van der Waals surface area contributed by atoms with E-state index in [1.54, 1.807) is 6.33 Å². The van der Waals surface area contributed by atoms with Crippen molar-refractivity contribution in [3.8, 4) is 6.01 Å². The van der Waals surface area contributed by atoms with Crippen LogP contribution < -0.4 is 4.90 Å². The molecule has 2 N–H and O–H groups in total. The summed E-state index contributed by atoms with van der Waals surface area (Å²) in [6.45, 7) is 3.73. The van der Waals surface area contributed by atoms with Crippen LogP contribution in [0, 0.1) is 0 Å². The van der Waals surface area contributed by atoms with Crippen molar-refractivity contribution in [2.75, 3.05) is 38.1 Å². The molecule has 17 heavy (non-hydrogen) atoms. The van der Waals surface area contributed by atoms with Crippen LogP contribution in [-0.4, -0.2) is 63.2 Å². The van der Waals surface area contributed by atoms with Gasteiger partial charge in [-0.1, -0.05) is 0 Å². The Kier molecular flexibility index (Phi) is 2.32. The average molecular weight is 234 g/mol. The topological polar surface area (TPSA) is 81.2 Å². The monoisotopic (exact) mass is 234 g/mol. The maximum Gasteiger partial charge on any atom is 0.317 e. The number of hydrogen-bond donors (Lipinski definition) is 2. The predicted molar refractivity (Wildman–Crippen MR) is 63.1 cm³/mol. The van der Waals surface area contributed by atoms with Crippen LogP contribution in [0.5, 0.6) is 6.01 Å². The molecule has 2 aromatic heterocycles. The summed E-state index contributed by atoms with van der Waals surface area (Å²) in [7, 11) is 2.10. The first-order valence-electron chi connectivity index (χ1n) is 5.57. The number of likely N-dealkylation sites (N-methyl/N-ethyl adjacent to an activating group) is 1. The first kappa shape index (κ1) is 10.3. The fourth-order valence-corrected chi connectivity index (χ4v) is 2.05. The minimum atomic E-state index is -0.212. The Labute approximate surface area is 98.1 Å². The summed E-state index contributed by atoms with van der Waals surface area (Å²) < 4.78 is 0. The maximum absolute atomic E-state index is 9.51. The molecule has 0 amide bonds. The number of fused-ring (bicyclic) bond motifs is 1. The van der Waals surface area contributed by atoms with Crippen molar-refractivity contribution < 1.29 is 5.11 Å². The number of aromatic hydroxyl groups is 1. The third-order valence-electron chi connectivity index (χ3n) is 3.05. The molecule has 0 atom stereocenters. The lowest BCUT2D eigenvalue weighted by molar-refractivity contribution is 0.311. The smallest absolute Gasteiger partial charge is 0.317 e. The maximum atomic E-state index is 9.51. The predicted octanol–water partition coefficient (Wildman–Crippen LogP) is -0.190. The Bertz CT molecular complexity index is 531. The molecule has 0 aliphatic carbocycles. The number of rotatable bonds is 1. The third kappa shape index (κ3) is 1.78. The zero-order chi connectivity index (χ0) is 11.8. The van der Waals surface area contributed by atoms with Crippen LogP contribution in [0.4, 0.5) is 5.82 Å². The molecular weight excluding hydrogens is 220 g/mol. The van der Waals surface area contributed by atoms with Gasteiger partial charge in [0, 0.05) is 26.2 Å². The second-order valence-electron chi connectivity index (χ2n) is 4.24. The molecule has 0 bridgehead atoms. The van der Waals surface area contributed by atoms with Gasteiger partial charge < -0.3 is 19.9 Å². The second kappa shape index (κ2) is 3.85. The van der Waals surface area contributed by atoms with Gasteiger partial charge in [-0.15, -0.1) is 0 Å². The molecule has 1 aliphatic rings. The van der Waals surface area contributed by atoms with Gasteiger partial charge in [0.05, 0.1) is 6.33 Å². The van der Waals surface area contributed by atoms with Gasteiger partial charge in [-0.25, -0.2) is 4.98 Å². The Balaban J connectivity index is 2.01. The first-order valence-corrected chi connectivity index (χ1v) is 5.57. The van der Waals surface area contributed by atoms with E-state index in [0.717, 1.165) is 26.2 Å². The lowest BCUT2D eigenvalue weighted by Crippen LogP contribution is -2.44. The minimum Gasteiger partial charge on any atom is -0.479 e. The lowest BCUT2D eigenvalue weighted by atomic mass is 10.3. The summed E-state index contributed by atoms with van der Waals surface area (Å²) >= 11 is 0. The van der Waals surface area contributed by atoms with Crippen molar-refractivity contribution in [2.24, 2.45) is 0 Å². The molecule has 0 aromatic carbocycles. The summed E-state index contributed by atoms with van der Waals surface area (Å²) in [6.07, 6.45) is 1.57. The Morgan fingerprint density at radius 2 is 2.00 bits per heavy atom. The van der Waals surface area contributed by atoms with Gasteiger partial charge in [0.15, 0.2) is 17.0 Å². The summed E-state index contributed by atoms with van der Waals surface area (Å²) in [6, 6.07) is -0.212. The number of hydrogen-bond acceptors (Lipinski definition) is 6. The molecule has 1 saturated heterocycles. The number of nitrogens with zero attached hydrogens (tertiary/aromatic N) is 5. The van der Waals surface area contributed by atoms with Gasteiger partial charge >= 0.3 is 6.01 Å². The fourth-order valence-electron chi connectivity index (χ4n) is 2.05. The van der Waals surface area contributed by atoms with Gasteiger partial charge in [-0.05, 0) is 7.05 Å². The zero-order valence-corrected chi connectivity index (χ0v) is 9.59. The number of anilines is 1. The highest BCUT2D eigenvalue weighted by molar-refractivity contribution is 5.83. The van der Waals surface area contributed by atoms with E-state index in [1.165, 1.54) is 0 Å². The fraction of sp³-hybridized carbons (Fsp3) is 0.500. The van der Waals surface area contributed by atoms with Crippen LogP contribution in [-0.2, 0) is 0 Å². The number of piperazine rings is 1. The van der Waals surface area contributed by atoms with Gasteiger partial charge in [-0.3, -0.25) is 0 Å². The van der Waals surface area contributed by atoms with Crippen LogP contribution >= 0.6 is 0 Å².